The number of hydrogen-bond donors (Lipinski definition) is 2. The first-order chi connectivity index (χ1) is 12.1. The summed E-state index contributed by atoms with van der Waals surface area (Å²) in [5, 5.41) is 4.51. The molecule has 0 amide bonds. The van der Waals surface area contributed by atoms with Crippen LogP contribution >= 0.6 is 11.6 Å². The van der Waals surface area contributed by atoms with E-state index in [0.29, 0.717) is 16.9 Å². The molecule has 0 radical (unpaired) electrons. The van der Waals surface area contributed by atoms with Gasteiger partial charge < -0.3 is 10.3 Å². The fourth-order valence-electron chi connectivity index (χ4n) is 2.38. The molecule has 3 aromatic rings. The van der Waals surface area contributed by atoms with Crippen LogP contribution in [0.3, 0.4) is 0 Å². The van der Waals surface area contributed by atoms with E-state index in [4.69, 9.17) is 11.6 Å². The van der Waals surface area contributed by atoms with Gasteiger partial charge in [0.05, 0.1) is 10.4 Å². The Morgan fingerprint density at radius 2 is 2.16 bits per heavy atom. The first kappa shape index (κ1) is 16.9. The van der Waals surface area contributed by atoms with E-state index in [1.807, 2.05) is 37.4 Å². The van der Waals surface area contributed by atoms with E-state index in [1.165, 1.54) is 18.5 Å². The van der Waals surface area contributed by atoms with Crippen LogP contribution in [0.1, 0.15) is 12.6 Å². The molecule has 1 aromatic carbocycles. The zero-order chi connectivity index (χ0) is 17.8. The maximum Gasteiger partial charge on any atom is 0.141 e. The van der Waals surface area contributed by atoms with E-state index >= 15 is 0 Å². The van der Waals surface area contributed by atoms with Crippen LogP contribution in [-0.4, -0.2) is 15.0 Å². The maximum atomic E-state index is 13.3. The number of nitrogens with one attached hydrogen (secondary N) is 2. The third-order valence-corrected chi connectivity index (χ3v) is 3.96. The lowest BCUT2D eigenvalue weighted by Crippen LogP contribution is -2.30. The highest BCUT2D eigenvalue weighted by Gasteiger charge is 2.05. The van der Waals surface area contributed by atoms with Crippen molar-refractivity contribution < 1.29 is 4.39 Å². The van der Waals surface area contributed by atoms with Crippen molar-refractivity contribution in [2.24, 2.45) is 0 Å². The number of rotatable bonds is 4. The molecule has 0 unspecified atom stereocenters. The normalized spacial score (nSPS) is 12.4. The Bertz CT molecular complexity index is 1030. The molecule has 0 aliphatic carbocycles. The van der Waals surface area contributed by atoms with Crippen molar-refractivity contribution in [3.8, 4) is 0 Å². The molecule has 0 aliphatic heterocycles. The highest BCUT2D eigenvalue weighted by Crippen LogP contribution is 2.21. The van der Waals surface area contributed by atoms with Crippen LogP contribution in [0, 0.1) is 5.82 Å². The highest BCUT2D eigenvalue weighted by atomic mass is 35.5. The van der Waals surface area contributed by atoms with Gasteiger partial charge >= 0.3 is 0 Å². The topological polar surface area (TPSA) is 53.6 Å². The van der Waals surface area contributed by atoms with Crippen LogP contribution in [0.15, 0.2) is 48.9 Å². The second kappa shape index (κ2) is 7.32. The van der Waals surface area contributed by atoms with E-state index in [9.17, 15) is 4.39 Å². The minimum atomic E-state index is -0.470. The Balaban J connectivity index is 2.07. The Labute approximate surface area is 149 Å². The molecule has 0 saturated heterocycles. The third kappa shape index (κ3) is 3.78. The highest BCUT2D eigenvalue weighted by molar-refractivity contribution is 6.31. The van der Waals surface area contributed by atoms with E-state index in [0.717, 1.165) is 16.5 Å². The number of anilines is 2. The average molecular weight is 355 g/mol. The third-order valence-electron chi connectivity index (χ3n) is 3.67. The fourth-order valence-corrected chi connectivity index (χ4v) is 2.56. The molecule has 0 bridgehead atoms. The van der Waals surface area contributed by atoms with E-state index in [2.05, 4.69) is 26.8 Å². The van der Waals surface area contributed by atoms with Crippen molar-refractivity contribution in [2.75, 3.05) is 5.32 Å². The molecule has 0 spiro atoms. The Morgan fingerprint density at radius 3 is 2.84 bits per heavy atom. The quantitative estimate of drug-likeness (QED) is 0.752. The number of benzene rings is 1. The summed E-state index contributed by atoms with van der Waals surface area (Å²) in [6, 6.07) is 8.31. The summed E-state index contributed by atoms with van der Waals surface area (Å²) in [5.41, 5.74) is 2.58. The van der Waals surface area contributed by atoms with E-state index in [-0.39, 0.29) is 5.02 Å². The van der Waals surface area contributed by atoms with Gasteiger partial charge in [-0.25, -0.2) is 14.4 Å². The fraction of sp³-hybridized carbons (Fsp3) is 0.0526. The van der Waals surface area contributed by atoms with Gasteiger partial charge in [0.2, 0.25) is 0 Å². The minimum absolute atomic E-state index is 0.0416. The van der Waals surface area contributed by atoms with Gasteiger partial charge in [0, 0.05) is 22.8 Å². The van der Waals surface area contributed by atoms with Gasteiger partial charge in [-0.05, 0) is 48.9 Å². The van der Waals surface area contributed by atoms with Gasteiger partial charge in [-0.1, -0.05) is 24.3 Å². The molecule has 0 aliphatic rings. The summed E-state index contributed by atoms with van der Waals surface area (Å²) in [5.74, 6) is 0.0936. The maximum absolute atomic E-state index is 13.3. The van der Waals surface area contributed by atoms with Gasteiger partial charge in [0.1, 0.15) is 18.0 Å². The largest absolute Gasteiger partial charge is 0.361 e. The number of halogens is 2. The lowest BCUT2D eigenvalue weighted by Gasteiger charge is -2.08. The summed E-state index contributed by atoms with van der Waals surface area (Å²) >= 11 is 5.84. The SMILES string of the molecule is C=c1ncnc(Nc2ccc(F)c(Cl)c2)/c1=C/C(=C\C)c1ccc[nH]1. The molecule has 6 heteroatoms. The Morgan fingerprint density at radius 1 is 1.32 bits per heavy atom. The first-order valence-electron chi connectivity index (χ1n) is 7.62. The van der Waals surface area contributed by atoms with Crippen LogP contribution in [0.25, 0.3) is 18.2 Å². The predicted molar refractivity (Wildman–Crippen MR) is 100 cm³/mol. The van der Waals surface area contributed by atoms with Crippen LogP contribution in [0.5, 0.6) is 0 Å². The molecule has 2 heterocycles. The molecule has 3 rings (SSSR count). The van der Waals surface area contributed by atoms with Crippen molar-refractivity contribution in [3.05, 3.63) is 76.0 Å². The summed E-state index contributed by atoms with van der Waals surface area (Å²) in [4.78, 5) is 11.6. The van der Waals surface area contributed by atoms with Crippen LogP contribution in [0.2, 0.25) is 5.02 Å². The number of hydrogen-bond acceptors (Lipinski definition) is 3. The van der Waals surface area contributed by atoms with Crippen LogP contribution < -0.4 is 15.9 Å². The summed E-state index contributed by atoms with van der Waals surface area (Å²) in [6.07, 6.45) is 7.22. The molecular formula is C19H16ClFN4. The molecule has 4 nitrogen and oxygen atoms in total. The van der Waals surface area contributed by atoms with Crippen molar-refractivity contribution in [1.29, 1.82) is 0 Å². The molecule has 2 N–H and O–H groups in total. The summed E-state index contributed by atoms with van der Waals surface area (Å²) in [6.45, 7) is 5.93. The minimum Gasteiger partial charge on any atom is -0.361 e. The zero-order valence-corrected chi connectivity index (χ0v) is 14.3. The van der Waals surface area contributed by atoms with Crippen LogP contribution in [-0.2, 0) is 0 Å². The predicted octanol–water partition coefficient (Wildman–Crippen LogP) is 3.64. The van der Waals surface area contributed by atoms with Gasteiger partial charge in [-0.2, -0.15) is 0 Å². The van der Waals surface area contributed by atoms with Gasteiger partial charge in [-0.15, -0.1) is 0 Å². The standard InChI is InChI=1S/C19H16ClFN4/c1-3-13(18-5-4-8-22-18)9-15-12(2)23-11-24-19(15)25-14-6-7-17(21)16(20)10-14/h3-11,22H,2H2,1H3,(H,23,24,25)/b13-3+,15-9+. The zero-order valence-electron chi connectivity index (χ0n) is 13.6. The number of allylic oxidation sites excluding steroid dienone is 2. The Hall–Kier alpha value is -2.92. The Kier molecular flexibility index (Phi) is 4.95. The van der Waals surface area contributed by atoms with Gasteiger partial charge in [-0.3, -0.25) is 0 Å². The first-order valence-corrected chi connectivity index (χ1v) is 8.00. The number of H-pyrrole nitrogens is 1. The lowest BCUT2D eigenvalue weighted by molar-refractivity contribution is 0.628. The second-order valence-corrected chi connectivity index (χ2v) is 5.72. The van der Waals surface area contributed by atoms with Crippen molar-refractivity contribution in [2.45, 2.75) is 6.92 Å². The monoisotopic (exact) mass is 354 g/mol. The molecule has 0 fully saturated rings. The second-order valence-electron chi connectivity index (χ2n) is 5.31. The molecule has 2 aromatic heterocycles. The van der Waals surface area contributed by atoms with Crippen molar-refractivity contribution >= 4 is 41.3 Å². The smallest absolute Gasteiger partial charge is 0.141 e. The molecule has 25 heavy (non-hydrogen) atoms. The molecule has 0 saturated carbocycles. The van der Waals surface area contributed by atoms with Gasteiger partial charge in [0.15, 0.2) is 0 Å². The van der Waals surface area contributed by atoms with E-state index in [1.54, 1.807) is 6.07 Å². The number of aromatic amines is 1. The number of aromatic nitrogens is 3. The van der Waals surface area contributed by atoms with Crippen molar-refractivity contribution in [1.82, 2.24) is 15.0 Å². The summed E-state index contributed by atoms with van der Waals surface area (Å²) < 4.78 is 13.3. The molecule has 126 valence electrons. The molecular weight excluding hydrogens is 339 g/mol. The molecule has 0 atom stereocenters. The van der Waals surface area contributed by atoms with Gasteiger partial charge in [0.25, 0.3) is 0 Å². The average Bonchev–Trinajstić information content (AvgIpc) is 3.12. The van der Waals surface area contributed by atoms with E-state index < -0.39 is 5.82 Å². The summed E-state index contributed by atoms with van der Waals surface area (Å²) in [7, 11) is 0. The number of nitrogens with zero attached hydrogens (tertiary/aromatic N) is 2. The van der Waals surface area contributed by atoms with Crippen LogP contribution in [0.4, 0.5) is 15.9 Å². The lowest BCUT2D eigenvalue weighted by atomic mass is 10.1. The van der Waals surface area contributed by atoms with Crippen molar-refractivity contribution in [3.63, 3.8) is 0 Å².